The number of carbonyl (C=O) groups excluding carboxylic acids is 1. The van der Waals surface area contributed by atoms with Crippen LogP contribution in [0, 0.1) is 11.8 Å². The highest BCUT2D eigenvalue weighted by Crippen LogP contribution is 2.43. The number of ether oxygens (including phenoxy) is 2. The van der Waals surface area contributed by atoms with Crippen molar-refractivity contribution in [3.63, 3.8) is 0 Å². The Labute approximate surface area is 212 Å². The molecule has 1 amide bonds. The molecule has 0 aliphatic carbocycles. The Morgan fingerprint density at radius 2 is 1.38 bits per heavy atom. The Balaban J connectivity index is 3.51. The minimum atomic E-state index is -2.17. The van der Waals surface area contributed by atoms with E-state index >= 15 is 0 Å². The Kier molecular flexibility index (Phi) is 9.92. The first-order valence-corrected chi connectivity index (χ1v) is 18.6. The highest BCUT2D eigenvalue weighted by Gasteiger charge is 2.50. The molecule has 0 aromatic carbocycles. The van der Waals surface area contributed by atoms with Gasteiger partial charge in [0.25, 0.3) is 0 Å². The van der Waals surface area contributed by atoms with Crippen molar-refractivity contribution in [2.45, 2.75) is 130 Å². The monoisotopic (exact) mass is 517 g/mol. The van der Waals surface area contributed by atoms with Crippen molar-refractivity contribution in [3.8, 4) is 0 Å². The number of hydrogen-bond acceptors (Lipinski definition) is 5. The fourth-order valence-electron chi connectivity index (χ4n) is 3.83. The summed E-state index contributed by atoms with van der Waals surface area (Å²) in [6, 6.07) is 0. The lowest BCUT2D eigenvalue weighted by atomic mass is 9.86. The highest BCUT2D eigenvalue weighted by atomic mass is 28.4. The van der Waals surface area contributed by atoms with Crippen LogP contribution >= 0.6 is 0 Å². The molecule has 0 spiro atoms. The molecule has 0 unspecified atom stereocenters. The molecule has 5 atom stereocenters. The normalized spacial score (nSPS) is 23.4. The third-order valence-corrected chi connectivity index (χ3v) is 17.2. The Morgan fingerprint density at radius 1 is 0.941 bits per heavy atom. The fraction of sp³-hybridized carbons (Fsp3) is 0.962. The molecule has 6 nitrogen and oxygen atoms in total. The van der Waals surface area contributed by atoms with E-state index in [4.69, 9.17) is 18.3 Å². The van der Waals surface area contributed by atoms with Crippen LogP contribution in [0.3, 0.4) is 0 Å². The van der Waals surface area contributed by atoms with Gasteiger partial charge in [0.1, 0.15) is 6.10 Å². The van der Waals surface area contributed by atoms with Crippen LogP contribution < -0.4 is 0 Å². The smallest absolute Gasteiger partial charge is 0.227 e. The van der Waals surface area contributed by atoms with Gasteiger partial charge >= 0.3 is 0 Å². The van der Waals surface area contributed by atoms with Gasteiger partial charge in [0, 0.05) is 20.0 Å². The van der Waals surface area contributed by atoms with Gasteiger partial charge in [-0.05, 0) is 50.1 Å². The Morgan fingerprint density at radius 3 is 1.74 bits per heavy atom. The van der Waals surface area contributed by atoms with E-state index in [1.807, 2.05) is 34.9 Å². The van der Waals surface area contributed by atoms with E-state index in [0.717, 1.165) is 0 Å². The highest BCUT2D eigenvalue weighted by molar-refractivity contribution is 6.74. The number of amides is 1. The second-order valence-electron chi connectivity index (χ2n) is 13.9. The number of carbonyl (C=O) groups is 1. The molecule has 34 heavy (non-hydrogen) atoms. The van der Waals surface area contributed by atoms with Crippen LogP contribution in [0.15, 0.2) is 0 Å². The first-order chi connectivity index (χ1) is 14.9. The van der Waals surface area contributed by atoms with E-state index in [1.54, 1.807) is 4.90 Å². The number of nitrogens with zero attached hydrogens (tertiary/aromatic N) is 1. The summed E-state index contributed by atoms with van der Waals surface area (Å²) in [4.78, 5) is 14.9. The van der Waals surface area contributed by atoms with E-state index in [-0.39, 0.29) is 46.1 Å². The second kappa shape index (κ2) is 10.6. The van der Waals surface area contributed by atoms with Crippen LogP contribution in [0.2, 0.25) is 36.3 Å². The minimum Gasteiger partial charge on any atom is -0.413 e. The summed E-state index contributed by atoms with van der Waals surface area (Å²) in [5.74, 6) is -0.949. The molecule has 0 saturated carbocycles. The van der Waals surface area contributed by atoms with Gasteiger partial charge in [-0.15, -0.1) is 0 Å². The van der Waals surface area contributed by atoms with E-state index in [9.17, 15) is 4.79 Å². The third kappa shape index (κ3) is 7.62. The summed E-state index contributed by atoms with van der Waals surface area (Å²) in [5.41, 5.74) is 0. The maximum Gasteiger partial charge on any atom is 0.227 e. The first-order valence-electron chi connectivity index (χ1n) is 12.8. The van der Waals surface area contributed by atoms with Gasteiger partial charge in [-0.3, -0.25) is 4.79 Å². The van der Waals surface area contributed by atoms with Crippen molar-refractivity contribution in [1.82, 2.24) is 4.90 Å². The van der Waals surface area contributed by atoms with Crippen molar-refractivity contribution < 1.29 is 23.1 Å². The van der Waals surface area contributed by atoms with E-state index in [1.165, 1.54) is 0 Å². The predicted molar refractivity (Wildman–Crippen MR) is 146 cm³/mol. The van der Waals surface area contributed by atoms with Gasteiger partial charge in [0.15, 0.2) is 22.4 Å². The van der Waals surface area contributed by atoms with Gasteiger partial charge in [-0.2, -0.15) is 0 Å². The Hall–Kier alpha value is -0.256. The summed E-state index contributed by atoms with van der Waals surface area (Å²) in [7, 11) is -0.690. The van der Waals surface area contributed by atoms with Crippen LogP contribution in [0.4, 0.5) is 0 Å². The average Bonchev–Trinajstić information content (AvgIpc) is 3.00. The van der Waals surface area contributed by atoms with Crippen molar-refractivity contribution in [2.75, 3.05) is 20.7 Å². The molecule has 1 rings (SSSR count). The zero-order valence-corrected chi connectivity index (χ0v) is 27.1. The molecule has 1 aliphatic heterocycles. The van der Waals surface area contributed by atoms with Gasteiger partial charge in [-0.25, -0.2) is 0 Å². The summed E-state index contributed by atoms with van der Waals surface area (Å²) in [5, 5.41) is 0.0669. The standard InChI is InChI=1S/C26H55NO5Si2/c1-18(21(19(2)23(28)27(11)12)31-33(13,14)24(3,4)5)22(20-17-29-26(9,10)30-20)32-34(15,16)25(6,7)8/h18-22H,17H2,1-16H3/t18-,19-,20+,21-,22-/m0/s1. The largest absolute Gasteiger partial charge is 0.413 e. The zero-order chi connectivity index (χ0) is 27.1. The Bertz CT molecular complexity index is 694. The number of hydrogen-bond donors (Lipinski definition) is 0. The van der Waals surface area contributed by atoms with Crippen LogP contribution in [-0.2, 0) is 23.1 Å². The SMILES string of the molecule is C[C@@H]([C@H](O[Si](C)(C)C(C)(C)C)[C@H](C)C(=O)N(C)C)[C@H](O[Si](C)(C)C(C)(C)C)[C@H]1COC(C)(C)O1. The topological polar surface area (TPSA) is 57.2 Å². The summed E-state index contributed by atoms with van der Waals surface area (Å²) in [6.07, 6.45) is -0.751. The first kappa shape index (κ1) is 31.8. The van der Waals surface area contributed by atoms with Crippen LogP contribution in [-0.4, -0.2) is 72.2 Å². The maximum absolute atomic E-state index is 13.2. The van der Waals surface area contributed by atoms with Gasteiger partial charge in [-0.1, -0.05) is 55.4 Å². The van der Waals surface area contributed by atoms with Crippen LogP contribution in [0.5, 0.6) is 0 Å². The molecule has 8 heteroatoms. The van der Waals surface area contributed by atoms with Crippen molar-refractivity contribution in [3.05, 3.63) is 0 Å². The molecule has 1 saturated heterocycles. The lowest BCUT2D eigenvalue weighted by molar-refractivity contribution is -0.159. The van der Waals surface area contributed by atoms with Crippen LogP contribution in [0.1, 0.15) is 69.2 Å². The number of rotatable bonds is 9. The molecule has 1 heterocycles. The molecule has 202 valence electrons. The minimum absolute atomic E-state index is 0.0244. The molecule has 0 aromatic heterocycles. The molecule has 0 N–H and O–H groups in total. The summed E-state index contributed by atoms with van der Waals surface area (Å²) >= 11 is 0. The molecule has 0 aromatic rings. The average molecular weight is 518 g/mol. The van der Waals surface area contributed by atoms with Gasteiger partial charge < -0.3 is 23.2 Å². The quantitative estimate of drug-likeness (QED) is 0.337. The van der Waals surface area contributed by atoms with Gasteiger partial charge in [0.2, 0.25) is 5.91 Å². The summed E-state index contributed by atoms with van der Waals surface area (Å²) in [6.45, 7) is 31.0. The van der Waals surface area contributed by atoms with Crippen molar-refractivity contribution >= 4 is 22.5 Å². The second-order valence-corrected chi connectivity index (χ2v) is 23.4. The van der Waals surface area contributed by atoms with Crippen LogP contribution in [0.25, 0.3) is 0 Å². The van der Waals surface area contributed by atoms with E-state index in [2.05, 4.69) is 74.7 Å². The van der Waals surface area contributed by atoms with E-state index < -0.39 is 22.4 Å². The van der Waals surface area contributed by atoms with Gasteiger partial charge in [0.05, 0.1) is 24.7 Å². The lowest BCUT2D eigenvalue weighted by Crippen LogP contribution is -2.56. The zero-order valence-electron chi connectivity index (χ0n) is 25.1. The predicted octanol–water partition coefficient (Wildman–Crippen LogP) is 6.28. The van der Waals surface area contributed by atoms with Crippen molar-refractivity contribution in [1.29, 1.82) is 0 Å². The third-order valence-electron chi connectivity index (χ3n) is 8.23. The molecule has 1 fully saturated rings. The lowest BCUT2D eigenvalue weighted by Gasteiger charge is -2.47. The molecular formula is C26H55NO5Si2. The summed E-state index contributed by atoms with van der Waals surface area (Å²) < 4.78 is 26.4. The van der Waals surface area contributed by atoms with E-state index in [0.29, 0.717) is 6.61 Å². The maximum atomic E-state index is 13.2. The molecule has 0 bridgehead atoms. The molecule has 1 aliphatic rings. The fourth-order valence-corrected chi connectivity index (χ4v) is 6.69. The molecular weight excluding hydrogens is 462 g/mol. The molecule has 0 radical (unpaired) electrons. The van der Waals surface area contributed by atoms with Crippen molar-refractivity contribution in [2.24, 2.45) is 11.8 Å².